The van der Waals surface area contributed by atoms with Crippen molar-refractivity contribution in [2.45, 2.75) is 10.7 Å². The molecular weight excluding hydrogens is 473 g/mol. The second kappa shape index (κ2) is 9.86. The molecule has 2 amide bonds. The van der Waals surface area contributed by atoms with Gasteiger partial charge >= 0.3 is 6.36 Å². The first-order valence-electron chi connectivity index (χ1n) is 8.64. The number of thioether (sulfide) groups is 1. The molecule has 1 aromatic carbocycles. The number of alkyl halides is 3. The number of carbonyl (C=O) groups is 2. The van der Waals surface area contributed by atoms with E-state index in [0.717, 1.165) is 35.2 Å². The highest BCUT2D eigenvalue weighted by Gasteiger charge is 2.31. The maximum Gasteiger partial charge on any atom is 0.573 e. The van der Waals surface area contributed by atoms with Gasteiger partial charge in [0.1, 0.15) is 11.3 Å². The number of amides is 2. The normalized spacial score (nSPS) is 11.2. The number of hydrogen-bond donors (Lipinski definition) is 2. The Morgan fingerprint density at radius 1 is 1.19 bits per heavy atom. The molecule has 0 spiro atoms. The molecule has 0 aliphatic heterocycles. The Bertz CT molecular complexity index is 1100. The van der Waals surface area contributed by atoms with Gasteiger partial charge in [0.05, 0.1) is 12.9 Å². The molecule has 0 aliphatic rings. The molecule has 0 atom stereocenters. The number of nitrogens with one attached hydrogen (secondary N) is 2. The number of aryl methyl sites for hydroxylation is 1. The molecule has 2 aromatic heterocycles. The molecule has 0 saturated carbocycles. The number of hydrogen-bond acceptors (Lipinski definition) is 9. The third-order valence-electron chi connectivity index (χ3n) is 3.56. The van der Waals surface area contributed by atoms with Gasteiger partial charge in [0.2, 0.25) is 16.9 Å². The summed E-state index contributed by atoms with van der Waals surface area (Å²) in [5.74, 6) is -1.13. The van der Waals surface area contributed by atoms with Crippen LogP contribution in [-0.2, 0) is 11.8 Å². The largest absolute Gasteiger partial charge is 0.573 e. The Balaban J connectivity index is 1.49. The van der Waals surface area contributed by atoms with Gasteiger partial charge in [-0.3, -0.25) is 19.6 Å². The maximum atomic E-state index is 12.3. The molecule has 0 bridgehead atoms. The lowest BCUT2D eigenvalue weighted by molar-refractivity contribution is -0.274. The fourth-order valence-corrected chi connectivity index (χ4v) is 3.87. The molecule has 0 fully saturated rings. The van der Waals surface area contributed by atoms with Gasteiger partial charge in [-0.15, -0.1) is 28.5 Å². The molecule has 3 rings (SSSR count). The highest BCUT2D eigenvalue weighted by molar-refractivity contribution is 8.01. The number of methoxy groups -OCH3 is 1. The molecule has 170 valence electrons. The Labute approximate surface area is 187 Å². The van der Waals surface area contributed by atoms with E-state index in [9.17, 15) is 22.8 Å². The third-order valence-corrected chi connectivity index (χ3v) is 5.53. The van der Waals surface area contributed by atoms with E-state index >= 15 is 0 Å². The minimum atomic E-state index is -4.79. The molecule has 0 aliphatic carbocycles. The van der Waals surface area contributed by atoms with Crippen molar-refractivity contribution in [2.24, 2.45) is 7.05 Å². The van der Waals surface area contributed by atoms with Crippen LogP contribution < -0.4 is 20.1 Å². The summed E-state index contributed by atoms with van der Waals surface area (Å²) in [4.78, 5) is 24.4. The summed E-state index contributed by atoms with van der Waals surface area (Å²) in [6.45, 7) is 0. The van der Waals surface area contributed by atoms with Crippen LogP contribution in [0.25, 0.3) is 0 Å². The van der Waals surface area contributed by atoms with Gasteiger partial charge < -0.3 is 14.8 Å². The summed E-state index contributed by atoms with van der Waals surface area (Å²) in [5.41, 5.74) is 0.534. The first-order valence-corrected chi connectivity index (χ1v) is 10.4. The number of aromatic nitrogens is 4. The molecular formula is C17H15F3N6O4S2. The van der Waals surface area contributed by atoms with Crippen molar-refractivity contribution < 1.29 is 32.2 Å². The zero-order valence-electron chi connectivity index (χ0n) is 16.5. The molecule has 0 saturated heterocycles. The standard InChI is InChI=1S/C17H15F3N6O4S2/c1-26-7-11(14(25-26)29-2)13(28)22-15-23-24-16(32-15)31-8-12(27)21-9-3-5-10(6-4-9)30-17(18,19)20/h3-7H,8H2,1-2H3,(H,21,27)(H,22,23,28). The smallest absolute Gasteiger partial charge is 0.479 e. The summed E-state index contributed by atoms with van der Waals surface area (Å²) in [6, 6.07) is 4.75. The van der Waals surface area contributed by atoms with Gasteiger partial charge in [0.15, 0.2) is 4.34 Å². The molecule has 10 nitrogen and oxygen atoms in total. The van der Waals surface area contributed by atoms with E-state index in [4.69, 9.17) is 4.74 Å². The first kappa shape index (κ1) is 23.3. The van der Waals surface area contributed by atoms with Gasteiger partial charge in [-0.1, -0.05) is 23.1 Å². The van der Waals surface area contributed by atoms with E-state index in [2.05, 4.69) is 30.7 Å². The summed E-state index contributed by atoms with van der Waals surface area (Å²) < 4.78 is 47.2. The van der Waals surface area contributed by atoms with E-state index in [1.165, 1.54) is 30.1 Å². The fourth-order valence-electron chi connectivity index (χ4n) is 2.32. The van der Waals surface area contributed by atoms with Crippen LogP contribution in [0.2, 0.25) is 0 Å². The van der Waals surface area contributed by atoms with Crippen molar-refractivity contribution in [2.75, 3.05) is 23.5 Å². The van der Waals surface area contributed by atoms with E-state index in [1.807, 2.05) is 0 Å². The second-order valence-corrected chi connectivity index (χ2v) is 8.16. The van der Waals surface area contributed by atoms with Gasteiger partial charge in [-0.05, 0) is 24.3 Å². The summed E-state index contributed by atoms with van der Waals surface area (Å²) >= 11 is 2.15. The highest BCUT2D eigenvalue weighted by Crippen LogP contribution is 2.27. The van der Waals surface area contributed by atoms with Crippen molar-refractivity contribution >= 4 is 45.7 Å². The SMILES string of the molecule is COc1nn(C)cc1C(=O)Nc1nnc(SCC(=O)Nc2ccc(OC(F)(F)F)cc2)s1. The summed E-state index contributed by atoms with van der Waals surface area (Å²) in [6.07, 6.45) is -3.29. The number of carbonyl (C=O) groups excluding carboxylic acids is 2. The topological polar surface area (TPSA) is 120 Å². The fraction of sp³-hybridized carbons (Fsp3) is 0.235. The van der Waals surface area contributed by atoms with Crippen LogP contribution in [0.3, 0.4) is 0 Å². The predicted octanol–water partition coefficient (Wildman–Crippen LogP) is 3.16. The van der Waals surface area contributed by atoms with Gasteiger partial charge in [0.25, 0.3) is 5.91 Å². The number of benzene rings is 1. The average molecular weight is 488 g/mol. The molecule has 2 heterocycles. The Kier molecular flexibility index (Phi) is 7.19. The number of nitrogens with zero attached hydrogens (tertiary/aromatic N) is 4. The maximum absolute atomic E-state index is 12.3. The number of ether oxygens (including phenoxy) is 2. The lowest BCUT2D eigenvalue weighted by atomic mass is 10.3. The monoisotopic (exact) mass is 488 g/mol. The van der Waals surface area contributed by atoms with Crippen molar-refractivity contribution in [3.63, 3.8) is 0 Å². The van der Waals surface area contributed by atoms with Crippen molar-refractivity contribution in [3.05, 3.63) is 36.0 Å². The quantitative estimate of drug-likeness (QED) is 0.367. The Morgan fingerprint density at radius 3 is 2.56 bits per heavy atom. The van der Waals surface area contributed by atoms with E-state index in [-0.39, 0.29) is 22.3 Å². The zero-order chi connectivity index (χ0) is 23.3. The predicted molar refractivity (Wildman–Crippen MR) is 110 cm³/mol. The molecule has 0 unspecified atom stereocenters. The van der Waals surface area contributed by atoms with Crippen LogP contribution in [0.4, 0.5) is 24.0 Å². The molecule has 3 aromatic rings. The zero-order valence-corrected chi connectivity index (χ0v) is 18.1. The van der Waals surface area contributed by atoms with Crippen molar-refractivity contribution in [3.8, 4) is 11.6 Å². The lowest BCUT2D eigenvalue weighted by Gasteiger charge is -2.09. The van der Waals surface area contributed by atoms with Crippen LogP contribution in [0, 0.1) is 0 Å². The number of halogens is 3. The molecule has 0 radical (unpaired) electrons. The van der Waals surface area contributed by atoms with E-state index in [0.29, 0.717) is 10.0 Å². The molecule has 15 heteroatoms. The Hall–Kier alpha value is -3.33. The minimum absolute atomic E-state index is 0.0280. The second-order valence-electron chi connectivity index (χ2n) is 5.96. The van der Waals surface area contributed by atoms with Crippen LogP contribution in [-0.4, -0.2) is 51.0 Å². The highest BCUT2D eigenvalue weighted by atomic mass is 32.2. The molecule has 2 N–H and O–H groups in total. The van der Waals surface area contributed by atoms with E-state index < -0.39 is 23.9 Å². The van der Waals surface area contributed by atoms with Crippen LogP contribution >= 0.6 is 23.1 Å². The Morgan fingerprint density at radius 2 is 1.91 bits per heavy atom. The van der Waals surface area contributed by atoms with Gasteiger partial charge in [0, 0.05) is 18.9 Å². The first-order chi connectivity index (χ1) is 15.1. The summed E-state index contributed by atoms with van der Waals surface area (Å²) in [7, 11) is 3.04. The van der Waals surface area contributed by atoms with Crippen LogP contribution in [0.5, 0.6) is 11.6 Å². The number of rotatable bonds is 8. The average Bonchev–Trinajstić information content (AvgIpc) is 3.32. The van der Waals surface area contributed by atoms with Gasteiger partial charge in [-0.2, -0.15) is 0 Å². The van der Waals surface area contributed by atoms with Crippen LogP contribution in [0.1, 0.15) is 10.4 Å². The van der Waals surface area contributed by atoms with Crippen molar-refractivity contribution in [1.29, 1.82) is 0 Å². The summed E-state index contributed by atoms with van der Waals surface area (Å²) in [5, 5.41) is 17.1. The van der Waals surface area contributed by atoms with Crippen LogP contribution in [0.15, 0.2) is 34.8 Å². The third kappa shape index (κ3) is 6.58. The molecule has 32 heavy (non-hydrogen) atoms. The van der Waals surface area contributed by atoms with Crippen molar-refractivity contribution in [1.82, 2.24) is 20.0 Å². The number of anilines is 2. The van der Waals surface area contributed by atoms with E-state index in [1.54, 1.807) is 7.05 Å². The van der Waals surface area contributed by atoms with Gasteiger partial charge in [-0.25, -0.2) is 0 Å². The minimum Gasteiger partial charge on any atom is -0.479 e. The lowest BCUT2D eigenvalue weighted by Crippen LogP contribution is -2.17.